The van der Waals surface area contributed by atoms with E-state index in [0.717, 1.165) is 15.8 Å². The van der Waals surface area contributed by atoms with E-state index in [4.69, 9.17) is 4.84 Å². The number of hydrogen-bond acceptors (Lipinski definition) is 6. The average Bonchev–Trinajstić information content (AvgIpc) is 3.22. The SMILES string of the molecule is O=c1c(-c2cccc([N+](=O)[O-])c2)[n+]([O-])c2ccccc2n1OCc1nc2ccccc2[nH]1. The molecule has 0 aliphatic carbocycles. The number of nitrogens with zero attached hydrogens (tertiary/aromatic N) is 4. The zero-order chi connectivity index (χ0) is 22.2. The molecule has 0 radical (unpaired) electrons. The van der Waals surface area contributed by atoms with Gasteiger partial charge < -0.3 is 15.0 Å². The van der Waals surface area contributed by atoms with Crippen LogP contribution in [0, 0.1) is 15.3 Å². The van der Waals surface area contributed by atoms with Crippen LogP contribution in [0.3, 0.4) is 0 Å². The van der Waals surface area contributed by atoms with Crippen LogP contribution in [0.1, 0.15) is 5.82 Å². The minimum Gasteiger partial charge on any atom is -0.618 e. The van der Waals surface area contributed by atoms with E-state index in [1.165, 1.54) is 24.3 Å². The number of hydrogen-bond donors (Lipinski definition) is 1. The van der Waals surface area contributed by atoms with Crippen LogP contribution < -0.4 is 15.1 Å². The number of non-ortho nitro benzene ring substituents is 1. The maximum atomic E-state index is 13.3. The van der Waals surface area contributed by atoms with Crippen LogP contribution in [0.25, 0.3) is 33.3 Å². The topological polar surface area (TPSA) is 130 Å². The van der Waals surface area contributed by atoms with Gasteiger partial charge in [0.15, 0.2) is 12.1 Å². The second kappa shape index (κ2) is 7.51. The number of nitrogens with one attached hydrogen (secondary N) is 1. The molecule has 2 heterocycles. The van der Waals surface area contributed by atoms with Crippen molar-refractivity contribution in [3.8, 4) is 11.3 Å². The van der Waals surface area contributed by atoms with Crippen LogP contribution in [0.15, 0.2) is 77.6 Å². The Kier molecular flexibility index (Phi) is 4.52. The number of nitro benzene ring substituents is 1. The molecule has 0 saturated carbocycles. The third-order valence-electron chi connectivity index (χ3n) is 5.01. The number of fused-ring (bicyclic) bond motifs is 2. The van der Waals surface area contributed by atoms with Crippen LogP contribution in [0.5, 0.6) is 0 Å². The molecule has 0 aliphatic rings. The van der Waals surface area contributed by atoms with Gasteiger partial charge in [-0.25, -0.2) is 4.98 Å². The smallest absolute Gasteiger partial charge is 0.357 e. The minimum absolute atomic E-state index is 0.0597. The zero-order valence-electron chi connectivity index (χ0n) is 16.5. The van der Waals surface area contributed by atoms with Crippen molar-refractivity contribution in [2.75, 3.05) is 0 Å². The Labute approximate surface area is 179 Å². The predicted molar refractivity (Wildman–Crippen MR) is 116 cm³/mol. The van der Waals surface area contributed by atoms with E-state index in [1.807, 2.05) is 24.3 Å². The summed E-state index contributed by atoms with van der Waals surface area (Å²) in [5.74, 6) is 0.498. The van der Waals surface area contributed by atoms with Gasteiger partial charge in [-0.1, -0.05) is 30.3 Å². The first-order valence-corrected chi connectivity index (χ1v) is 9.62. The summed E-state index contributed by atoms with van der Waals surface area (Å²) >= 11 is 0. The number of imidazole rings is 1. The fourth-order valence-electron chi connectivity index (χ4n) is 3.56. The third-order valence-corrected chi connectivity index (χ3v) is 5.01. The third kappa shape index (κ3) is 3.19. The number of nitro groups is 1. The molecule has 10 nitrogen and oxygen atoms in total. The molecule has 0 fully saturated rings. The van der Waals surface area contributed by atoms with Gasteiger partial charge in [0.05, 0.1) is 21.5 Å². The molecule has 10 heteroatoms. The van der Waals surface area contributed by atoms with Gasteiger partial charge in [0.25, 0.3) is 11.4 Å². The first kappa shape index (κ1) is 19.2. The molecule has 0 saturated heterocycles. The lowest BCUT2D eigenvalue weighted by atomic mass is 10.1. The van der Waals surface area contributed by atoms with Gasteiger partial charge in [-0.05, 0) is 24.3 Å². The molecule has 158 valence electrons. The Morgan fingerprint density at radius 2 is 1.84 bits per heavy atom. The molecule has 3 aromatic carbocycles. The second-order valence-corrected chi connectivity index (χ2v) is 7.01. The summed E-state index contributed by atoms with van der Waals surface area (Å²) in [6.07, 6.45) is 0. The standard InChI is InChI=1S/C22H15N5O5/c28-22-21(14-6-5-7-15(12-14)27(30)31)25(29)18-10-3-4-11-19(18)26(22)32-13-20-23-16-8-1-2-9-17(16)24-20/h1-12H,13H2,(H,23,24). The van der Waals surface area contributed by atoms with Gasteiger partial charge in [-0.2, -0.15) is 4.73 Å². The molecule has 0 unspecified atom stereocenters. The van der Waals surface area contributed by atoms with Crippen molar-refractivity contribution in [1.29, 1.82) is 0 Å². The number of para-hydroxylation sites is 4. The summed E-state index contributed by atoms with van der Waals surface area (Å²) in [5.41, 5.74) is 0.885. The summed E-state index contributed by atoms with van der Waals surface area (Å²) in [7, 11) is 0. The molecule has 0 atom stereocenters. The summed E-state index contributed by atoms with van der Waals surface area (Å²) in [6, 6.07) is 19.3. The van der Waals surface area contributed by atoms with E-state index in [2.05, 4.69) is 9.97 Å². The highest BCUT2D eigenvalue weighted by Gasteiger charge is 2.25. The van der Waals surface area contributed by atoms with Crippen LogP contribution in [-0.2, 0) is 6.61 Å². The van der Waals surface area contributed by atoms with E-state index in [0.29, 0.717) is 10.6 Å². The molecule has 0 aliphatic heterocycles. The number of benzene rings is 3. The van der Waals surface area contributed by atoms with Crippen LogP contribution in [0.4, 0.5) is 5.69 Å². The lowest BCUT2D eigenvalue weighted by Crippen LogP contribution is -2.42. The van der Waals surface area contributed by atoms with Crippen molar-refractivity contribution < 1.29 is 14.5 Å². The molecule has 0 amide bonds. The van der Waals surface area contributed by atoms with Gasteiger partial charge in [-0.15, -0.1) is 4.73 Å². The Morgan fingerprint density at radius 1 is 1.06 bits per heavy atom. The van der Waals surface area contributed by atoms with Crippen LogP contribution in [-0.4, -0.2) is 19.6 Å². The lowest BCUT2D eigenvalue weighted by molar-refractivity contribution is -0.566. The van der Waals surface area contributed by atoms with Crippen molar-refractivity contribution in [2.45, 2.75) is 6.61 Å². The first-order valence-electron chi connectivity index (χ1n) is 9.62. The summed E-state index contributed by atoms with van der Waals surface area (Å²) in [5, 5.41) is 24.2. The fourth-order valence-corrected chi connectivity index (χ4v) is 3.56. The van der Waals surface area contributed by atoms with Crippen LogP contribution in [0.2, 0.25) is 0 Å². The van der Waals surface area contributed by atoms with Crippen LogP contribution >= 0.6 is 0 Å². The molecule has 32 heavy (non-hydrogen) atoms. The number of aromatic amines is 1. The van der Waals surface area contributed by atoms with Crippen molar-refractivity contribution >= 4 is 27.8 Å². The molecule has 0 bridgehead atoms. The van der Waals surface area contributed by atoms with E-state index in [9.17, 15) is 20.1 Å². The normalized spacial score (nSPS) is 11.1. The van der Waals surface area contributed by atoms with Gasteiger partial charge in [0.2, 0.25) is 5.52 Å². The van der Waals surface area contributed by atoms with Gasteiger partial charge in [0.1, 0.15) is 5.82 Å². The maximum absolute atomic E-state index is 13.3. The quantitative estimate of drug-likeness (QED) is 0.198. The Morgan fingerprint density at radius 3 is 2.66 bits per heavy atom. The summed E-state index contributed by atoms with van der Waals surface area (Å²) < 4.78 is 1.49. The number of aromatic nitrogens is 4. The van der Waals surface area contributed by atoms with E-state index in [-0.39, 0.29) is 34.6 Å². The van der Waals surface area contributed by atoms with Gasteiger partial charge >= 0.3 is 5.56 Å². The molecule has 1 N–H and O–H groups in total. The number of H-pyrrole nitrogens is 1. The van der Waals surface area contributed by atoms with Gasteiger partial charge in [-0.3, -0.25) is 14.9 Å². The molecular formula is C22H15N5O5. The first-order chi connectivity index (χ1) is 15.5. The largest absolute Gasteiger partial charge is 0.618 e. The minimum atomic E-state index is -0.740. The summed E-state index contributed by atoms with van der Waals surface area (Å²) in [4.78, 5) is 37.2. The fraction of sp³-hybridized carbons (Fsp3) is 0.0455. The van der Waals surface area contributed by atoms with Crippen molar-refractivity contribution in [2.24, 2.45) is 0 Å². The highest BCUT2D eigenvalue weighted by atomic mass is 16.7. The highest BCUT2D eigenvalue weighted by Crippen LogP contribution is 2.21. The molecule has 5 rings (SSSR count). The second-order valence-electron chi connectivity index (χ2n) is 7.01. The van der Waals surface area contributed by atoms with Crippen molar-refractivity contribution in [3.05, 3.63) is 104 Å². The summed E-state index contributed by atoms with van der Waals surface area (Å²) in [6.45, 7) is -0.0597. The maximum Gasteiger partial charge on any atom is 0.357 e. The van der Waals surface area contributed by atoms with Crippen molar-refractivity contribution in [3.63, 3.8) is 0 Å². The predicted octanol–water partition coefficient (Wildman–Crippen LogP) is 2.72. The Hall–Kier alpha value is -4.73. The number of rotatable bonds is 5. The zero-order valence-corrected chi connectivity index (χ0v) is 16.5. The van der Waals surface area contributed by atoms with Gasteiger partial charge in [0, 0.05) is 18.2 Å². The highest BCUT2D eigenvalue weighted by molar-refractivity contribution is 5.75. The van der Waals surface area contributed by atoms with E-state index in [1.54, 1.807) is 24.3 Å². The lowest BCUT2D eigenvalue weighted by Gasteiger charge is -2.13. The molecular weight excluding hydrogens is 414 g/mol. The Bertz CT molecular complexity index is 1520. The monoisotopic (exact) mass is 429 g/mol. The average molecular weight is 429 g/mol. The van der Waals surface area contributed by atoms with E-state index < -0.39 is 10.5 Å². The van der Waals surface area contributed by atoms with Crippen molar-refractivity contribution in [1.82, 2.24) is 14.7 Å². The molecule has 0 spiro atoms. The molecule has 5 aromatic rings. The Balaban J connectivity index is 1.64. The van der Waals surface area contributed by atoms with E-state index >= 15 is 0 Å². The molecule has 2 aromatic heterocycles.